The second kappa shape index (κ2) is 6.04. The van der Waals surface area contributed by atoms with Gasteiger partial charge in [0.25, 0.3) is 0 Å². The molecule has 0 bridgehead atoms. The molecular formula is C11H23NO2. The van der Waals surface area contributed by atoms with Crippen LogP contribution in [0.3, 0.4) is 0 Å². The summed E-state index contributed by atoms with van der Waals surface area (Å²) < 4.78 is 5.51. The summed E-state index contributed by atoms with van der Waals surface area (Å²) in [6, 6.07) is 0. The van der Waals surface area contributed by atoms with Gasteiger partial charge in [0.15, 0.2) is 0 Å². The number of rotatable bonds is 7. The number of nitrogens with two attached hydrogens (primary N) is 1. The molecule has 0 saturated heterocycles. The number of hydrogen-bond donors (Lipinski definition) is 2. The second-order valence-corrected chi connectivity index (χ2v) is 4.46. The maximum Gasteiger partial charge on any atom is 0.0616 e. The van der Waals surface area contributed by atoms with Crippen molar-refractivity contribution in [2.75, 3.05) is 6.61 Å². The van der Waals surface area contributed by atoms with Crippen LogP contribution in [0.15, 0.2) is 12.3 Å². The Morgan fingerprint density at radius 1 is 1.57 bits per heavy atom. The van der Waals surface area contributed by atoms with Crippen LogP contribution in [0.1, 0.15) is 40.0 Å². The molecule has 14 heavy (non-hydrogen) atoms. The van der Waals surface area contributed by atoms with E-state index in [9.17, 15) is 5.11 Å². The molecule has 0 saturated carbocycles. The van der Waals surface area contributed by atoms with Gasteiger partial charge >= 0.3 is 0 Å². The van der Waals surface area contributed by atoms with E-state index < -0.39 is 5.60 Å². The predicted molar refractivity (Wildman–Crippen MR) is 58.9 cm³/mol. The lowest BCUT2D eigenvalue weighted by atomic mass is 10.0. The van der Waals surface area contributed by atoms with Crippen molar-refractivity contribution in [1.82, 2.24) is 0 Å². The number of aliphatic hydroxyl groups is 1. The molecule has 0 radical (unpaired) electrons. The van der Waals surface area contributed by atoms with Crippen LogP contribution in [0.25, 0.3) is 0 Å². The van der Waals surface area contributed by atoms with Gasteiger partial charge in [0.05, 0.1) is 11.7 Å². The standard InChI is InChI=1S/C11H23NO2/c1-9(12)6-5-7-14-10(2)8-11(3,4)13/h10,13H,1,5-8,12H2,2-4H3. The van der Waals surface area contributed by atoms with Crippen LogP contribution < -0.4 is 5.73 Å². The van der Waals surface area contributed by atoms with Gasteiger partial charge in [0.1, 0.15) is 0 Å². The van der Waals surface area contributed by atoms with Crippen molar-refractivity contribution >= 4 is 0 Å². The number of ether oxygens (including phenoxy) is 1. The molecule has 0 aromatic heterocycles. The van der Waals surface area contributed by atoms with Gasteiger partial charge in [-0.3, -0.25) is 0 Å². The molecule has 1 atom stereocenters. The summed E-state index contributed by atoms with van der Waals surface area (Å²) >= 11 is 0. The highest BCUT2D eigenvalue weighted by atomic mass is 16.5. The maximum absolute atomic E-state index is 9.52. The molecule has 3 nitrogen and oxygen atoms in total. The lowest BCUT2D eigenvalue weighted by molar-refractivity contribution is -0.0128. The van der Waals surface area contributed by atoms with Gasteiger partial charge in [-0.05, 0) is 33.6 Å². The number of hydrogen-bond acceptors (Lipinski definition) is 3. The smallest absolute Gasteiger partial charge is 0.0616 e. The second-order valence-electron chi connectivity index (χ2n) is 4.46. The van der Waals surface area contributed by atoms with Gasteiger partial charge in [-0.1, -0.05) is 6.58 Å². The molecule has 0 heterocycles. The molecule has 0 aromatic carbocycles. The topological polar surface area (TPSA) is 55.5 Å². The summed E-state index contributed by atoms with van der Waals surface area (Å²) in [6.07, 6.45) is 2.43. The van der Waals surface area contributed by atoms with E-state index >= 15 is 0 Å². The van der Waals surface area contributed by atoms with Crippen LogP contribution in [-0.2, 0) is 4.74 Å². The van der Waals surface area contributed by atoms with Gasteiger partial charge in [0, 0.05) is 18.7 Å². The third-order valence-electron chi connectivity index (χ3n) is 1.83. The third kappa shape index (κ3) is 9.55. The Morgan fingerprint density at radius 2 is 2.14 bits per heavy atom. The normalized spacial score (nSPS) is 14.0. The Bertz CT molecular complexity index is 173. The Morgan fingerprint density at radius 3 is 2.57 bits per heavy atom. The predicted octanol–water partition coefficient (Wildman–Crippen LogP) is 1.81. The maximum atomic E-state index is 9.52. The molecule has 3 N–H and O–H groups in total. The monoisotopic (exact) mass is 201 g/mol. The first kappa shape index (κ1) is 13.5. The molecule has 0 amide bonds. The number of allylic oxidation sites excluding steroid dienone is 1. The van der Waals surface area contributed by atoms with Crippen molar-refractivity contribution < 1.29 is 9.84 Å². The van der Waals surface area contributed by atoms with Gasteiger partial charge in [-0.15, -0.1) is 0 Å². The highest BCUT2D eigenvalue weighted by molar-refractivity contribution is 4.85. The molecule has 0 aliphatic carbocycles. The van der Waals surface area contributed by atoms with Crippen molar-refractivity contribution in [3.63, 3.8) is 0 Å². The van der Waals surface area contributed by atoms with E-state index in [-0.39, 0.29) is 6.10 Å². The fourth-order valence-electron chi connectivity index (χ4n) is 1.35. The first-order valence-corrected chi connectivity index (χ1v) is 5.08. The van der Waals surface area contributed by atoms with E-state index in [2.05, 4.69) is 6.58 Å². The van der Waals surface area contributed by atoms with Crippen LogP contribution in [-0.4, -0.2) is 23.4 Å². The van der Waals surface area contributed by atoms with Gasteiger partial charge in [-0.2, -0.15) is 0 Å². The summed E-state index contributed by atoms with van der Waals surface area (Å²) in [6.45, 7) is 9.83. The largest absolute Gasteiger partial charge is 0.403 e. The van der Waals surface area contributed by atoms with Crippen molar-refractivity contribution in [3.8, 4) is 0 Å². The SMILES string of the molecule is C=C(N)CCCOC(C)CC(C)(C)O. The molecule has 1 unspecified atom stereocenters. The van der Waals surface area contributed by atoms with E-state index in [1.165, 1.54) is 0 Å². The first-order chi connectivity index (χ1) is 6.31. The molecular weight excluding hydrogens is 178 g/mol. The zero-order chi connectivity index (χ0) is 11.2. The average Bonchev–Trinajstić information content (AvgIpc) is 1.94. The summed E-state index contributed by atoms with van der Waals surface area (Å²) in [7, 11) is 0. The molecule has 3 heteroatoms. The van der Waals surface area contributed by atoms with Gasteiger partial charge in [-0.25, -0.2) is 0 Å². The molecule has 0 rings (SSSR count). The fourth-order valence-corrected chi connectivity index (χ4v) is 1.35. The molecule has 84 valence electrons. The summed E-state index contributed by atoms with van der Waals surface area (Å²) in [5.41, 5.74) is 5.46. The summed E-state index contributed by atoms with van der Waals surface area (Å²) in [5, 5.41) is 9.52. The minimum Gasteiger partial charge on any atom is -0.403 e. The van der Waals surface area contributed by atoms with Crippen molar-refractivity contribution in [3.05, 3.63) is 12.3 Å². The van der Waals surface area contributed by atoms with E-state index in [1.807, 2.05) is 6.92 Å². The quantitative estimate of drug-likeness (QED) is 0.618. The fraction of sp³-hybridized carbons (Fsp3) is 0.818. The average molecular weight is 201 g/mol. The van der Waals surface area contributed by atoms with Crippen LogP contribution in [0.4, 0.5) is 0 Å². The van der Waals surface area contributed by atoms with Crippen LogP contribution in [0, 0.1) is 0 Å². The Balaban J connectivity index is 3.45. The van der Waals surface area contributed by atoms with Crippen molar-refractivity contribution in [1.29, 1.82) is 0 Å². The van der Waals surface area contributed by atoms with Gasteiger partial charge in [0.2, 0.25) is 0 Å². The summed E-state index contributed by atoms with van der Waals surface area (Å²) in [5.74, 6) is 0. The van der Waals surface area contributed by atoms with E-state index in [1.54, 1.807) is 13.8 Å². The van der Waals surface area contributed by atoms with E-state index in [0.29, 0.717) is 18.7 Å². The molecule has 0 spiro atoms. The minimum absolute atomic E-state index is 0.0843. The van der Waals surface area contributed by atoms with Crippen LogP contribution >= 0.6 is 0 Å². The van der Waals surface area contributed by atoms with Crippen molar-refractivity contribution in [2.45, 2.75) is 51.7 Å². The Kier molecular flexibility index (Phi) is 5.81. The van der Waals surface area contributed by atoms with Crippen molar-refractivity contribution in [2.24, 2.45) is 5.73 Å². The third-order valence-corrected chi connectivity index (χ3v) is 1.83. The summed E-state index contributed by atoms with van der Waals surface area (Å²) in [4.78, 5) is 0. The van der Waals surface area contributed by atoms with E-state index in [0.717, 1.165) is 12.8 Å². The molecule has 0 aliphatic rings. The molecule has 0 aromatic rings. The zero-order valence-electron chi connectivity index (χ0n) is 9.55. The van der Waals surface area contributed by atoms with Crippen LogP contribution in [0.5, 0.6) is 0 Å². The Labute approximate surface area is 86.9 Å². The highest BCUT2D eigenvalue weighted by Gasteiger charge is 2.17. The lowest BCUT2D eigenvalue weighted by Crippen LogP contribution is -2.26. The Hall–Kier alpha value is -0.540. The molecule has 0 fully saturated rings. The molecule has 0 aliphatic heterocycles. The highest BCUT2D eigenvalue weighted by Crippen LogP contribution is 2.13. The van der Waals surface area contributed by atoms with Crippen LogP contribution in [0.2, 0.25) is 0 Å². The van der Waals surface area contributed by atoms with Gasteiger partial charge < -0.3 is 15.6 Å². The zero-order valence-corrected chi connectivity index (χ0v) is 9.55. The minimum atomic E-state index is -0.656. The first-order valence-electron chi connectivity index (χ1n) is 5.08. The van der Waals surface area contributed by atoms with E-state index in [4.69, 9.17) is 10.5 Å². The lowest BCUT2D eigenvalue weighted by Gasteiger charge is -2.22.